The van der Waals surface area contributed by atoms with Crippen molar-refractivity contribution >= 4 is 10.9 Å². The third kappa shape index (κ3) is 3.14. The van der Waals surface area contributed by atoms with Crippen LogP contribution in [0.5, 0.6) is 0 Å². The number of hydrogen-bond donors (Lipinski definition) is 2. The standard InChI is InChI=1S/C18H26N2O/c1-2-14-6-5-10-20(12-14)11-9-16-15-7-3-4-8-17(15)19-18(16)13-21/h3-4,7-8,14,19,21H,2,5-6,9-13H2,1H3. The molecule has 1 aliphatic heterocycles. The van der Waals surface area contributed by atoms with Crippen LogP contribution in [0.2, 0.25) is 0 Å². The van der Waals surface area contributed by atoms with Crippen LogP contribution in [0.3, 0.4) is 0 Å². The number of hydrogen-bond acceptors (Lipinski definition) is 2. The summed E-state index contributed by atoms with van der Waals surface area (Å²) >= 11 is 0. The lowest BCUT2D eigenvalue weighted by atomic mass is 9.95. The van der Waals surface area contributed by atoms with Crippen LogP contribution in [0.1, 0.15) is 37.4 Å². The highest BCUT2D eigenvalue weighted by Gasteiger charge is 2.19. The highest BCUT2D eigenvalue weighted by atomic mass is 16.3. The number of aliphatic hydroxyl groups excluding tert-OH is 1. The van der Waals surface area contributed by atoms with E-state index in [0.717, 1.165) is 30.1 Å². The molecule has 3 heteroatoms. The first kappa shape index (κ1) is 14.6. The number of aromatic amines is 1. The van der Waals surface area contributed by atoms with Gasteiger partial charge in [-0.2, -0.15) is 0 Å². The average molecular weight is 286 g/mol. The second kappa shape index (κ2) is 6.63. The summed E-state index contributed by atoms with van der Waals surface area (Å²) in [7, 11) is 0. The average Bonchev–Trinajstić information content (AvgIpc) is 2.91. The van der Waals surface area contributed by atoms with Crippen molar-refractivity contribution < 1.29 is 5.11 Å². The Kier molecular flexibility index (Phi) is 4.61. The minimum Gasteiger partial charge on any atom is -0.390 e. The number of fused-ring (bicyclic) bond motifs is 1. The second-order valence-electron chi connectivity index (χ2n) is 6.25. The van der Waals surface area contributed by atoms with Gasteiger partial charge in [0.1, 0.15) is 0 Å². The number of para-hydroxylation sites is 1. The van der Waals surface area contributed by atoms with Crippen LogP contribution in [-0.2, 0) is 13.0 Å². The predicted octanol–water partition coefficient (Wildman–Crippen LogP) is 3.32. The lowest BCUT2D eigenvalue weighted by molar-refractivity contribution is 0.173. The van der Waals surface area contributed by atoms with E-state index >= 15 is 0 Å². The first-order valence-electron chi connectivity index (χ1n) is 8.23. The van der Waals surface area contributed by atoms with Gasteiger partial charge in [0.2, 0.25) is 0 Å². The van der Waals surface area contributed by atoms with Crippen molar-refractivity contribution in [1.29, 1.82) is 0 Å². The molecule has 0 bridgehead atoms. The molecule has 1 fully saturated rings. The number of likely N-dealkylation sites (tertiary alicyclic amines) is 1. The molecule has 21 heavy (non-hydrogen) atoms. The Hall–Kier alpha value is -1.32. The molecule has 0 radical (unpaired) electrons. The molecule has 0 aliphatic carbocycles. The Labute approximate surface area is 127 Å². The maximum absolute atomic E-state index is 9.59. The van der Waals surface area contributed by atoms with E-state index in [-0.39, 0.29) is 6.61 Å². The van der Waals surface area contributed by atoms with E-state index in [1.54, 1.807) is 0 Å². The maximum atomic E-state index is 9.59. The van der Waals surface area contributed by atoms with Crippen molar-refractivity contribution in [3.8, 4) is 0 Å². The normalized spacial score (nSPS) is 20.2. The minimum absolute atomic E-state index is 0.0988. The van der Waals surface area contributed by atoms with Crippen LogP contribution < -0.4 is 0 Å². The van der Waals surface area contributed by atoms with Crippen LogP contribution in [0.15, 0.2) is 24.3 Å². The van der Waals surface area contributed by atoms with Gasteiger partial charge < -0.3 is 15.0 Å². The van der Waals surface area contributed by atoms with Gasteiger partial charge in [-0.3, -0.25) is 0 Å². The molecular formula is C18H26N2O. The van der Waals surface area contributed by atoms with Crippen LogP contribution in [0.4, 0.5) is 0 Å². The van der Waals surface area contributed by atoms with Crippen LogP contribution in [-0.4, -0.2) is 34.6 Å². The molecule has 0 amide bonds. The molecular weight excluding hydrogens is 260 g/mol. The van der Waals surface area contributed by atoms with Crippen molar-refractivity contribution in [1.82, 2.24) is 9.88 Å². The van der Waals surface area contributed by atoms with Gasteiger partial charge in [-0.15, -0.1) is 0 Å². The molecule has 0 saturated carbocycles. The Morgan fingerprint density at radius 3 is 3.00 bits per heavy atom. The van der Waals surface area contributed by atoms with Gasteiger partial charge in [-0.25, -0.2) is 0 Å². The molecule has 3 nitrogen and oxygen atoms in total. The van der Waals surface area contributed by atoms with E-state index in [1.807, 2.05) is 6.07 Å². The number of aliphatic hydroxyl groups is 1. The SMILES string of the molecule is CCC1CCCN(CCc2c(CO)[nH]c3ccccc23)C1. The molecule has 0 spiro atoms. The largest absolute Gasteiger partial charge is 0.390 e. The van der Waals surface area contributed by atoms with Crippen molar-refractivity contribution in [2.45, 2.75) is 39.2 Å². The lowest BCUT2D eigenvalue weighted by Crippen LogP contribution is -2.36. The van der Waals surface area contributed by atoms with Crippen LogP contribution in [0, 0.1) is 5.92 Å². The van der Waals surface area contributed by atoms with Gasteiger partial charge in [0, 0.05) is 29.7 Å². The molecule has 1 unspecified atom stereocenters. The van der Waals surface area contributed by atoms with Gasteiger partial charge in [-0.05, 0) is 43.4 Å². The summed E-state index contributed by atoms with van der Waals surface area (Å²) in [5, 5.41) is 10.9. The zero-order valence-corrected chi connectivity index (χ0v) is 12.9. The van der Waals surface area contributed by atoms with Crippen LogP contribution >= 0.6 is 0 Å². The Balaban J connectivity index is 1.72. The van der Waals surface area contributed by atoms with Gasteiger partial charge in [-0.1, -0.05) is 31.5 Å². The Bertz CT molecular complexity index is 590. The zero-order valence-electron chi connectivity index (χ0n) is 12.9. The molecule has 1 aromatic carbocycles. The number of benzene rings is 1. The summed E-state index contributed by atoms with van der Waals surface area (Å²) in [6.45, 7) is 5.98. The van der Waals surface area contributed by atoms with Crippen molar-refractivity contribution in [3.05, 3.63) is 35.5 Å². The first-order chi connectivity index (χ1) is 10.3. The van der Waals surface area contributed by atoms with Crippen molar-refractivity contribution in [3.63, 3.8) is 0 Å². The summed E-state index contributed by atoms with van der Waals surface area (Å²) in [5.74, 6) is 0.874. The molecule has 1 aliphatic rings. The van der Waals surface area contributed by atoms with Gasteiger partial charge in [0.15, 0.2) is 0 Å². The van der Waals surface area contributed by atoms with E-state index in [4.69, 9.17) is 0 Å². The van der Waals surface area contributed by atoms with E-state index in [9.17, 15) is 5.11 Å². The Morgan fingerprint density at radius 1 is 1.33 bits per heavy atom. The van der Waals surface area contributed by atoms with E-state index < -0.39 is 0 Å². The van der Waals surface area contributed by atoms with Gasteiger partial charge in [0.05, 0.1) is 6.61 Å². The van der Waals surface area contributed by atoms with E-state index in [2.05, 4.69) is 35.0 Å². The summed E-state index contributed by atoms with van der Waals surface area (Å²) in [6, 6.07) is 8.37. The third-order valence-electron chi connectivity index (χ3n) is 4.92. The summed E-state index contributed by atoms with van der Waals surface area (Å²) in [4.78, 5) is 5.95. The third-order valence-corrected chi connectivity index (χ3v) is 4.92. The van der Waals surface area contributed by atoms with Gasteiger partial charge in [0.25, 0.3) is 0 Å². The summed E-state index contributed by atoms with van der Waals surface area (Å²) < 4.78 is 0. The maximum Gasteiger partial charge on any atom is 0.0834 e. The number of piperidine rings is 1. The monoisotopic (exact) mass is 286 g/mol. The molecule has 2 aromatic rings. The fraction of sp³-hybridized carbons (Fsp3) is 0.556. The number of nitrogens with zero attached hydrogens (tertiary/aromatic N) is 1. The highest BCUT2D eigenvalue weighted by Crippen LogP contribution is 2.24. The quantitative estimate of drug-likeness (QED) is 0.885. The molecule has 1 aromatic heterocycles. The molecule has 2 N–H and O–H groups in total. The number of rotatable bonds is 5. The molecule has 1 saturated heterocycles. The van der Waals surface area contributed by atoms with Crippen molar-refractivity contribution in [2.75, 3.05) is 19.6 Å². The van der Waals surface area contributed by atoms with E-state index in [1.165, 1.54) is 43.3 Å². The predicted molar refractivity (Wildman–Crippen MR) is 87.4 cm³/mol. The molecule has 114 valence electrons. The number of aromatic nitrogens is 1. The molecule has 3 rings (SSSR count). The fourth-order valence-electron chi connectivity index (χ4n) is 3.63. The molecule has 2 heterocycles. The van der Waals surface area contributed by atoms with E-state index in [0.29, 0.717) is 0 Å². The minimum atomic E-state index is 0.0988. The summed E-state index contributed by atoms with van der Waals surface area (Å²) in [5.41, 5.74) is 3.42. The Morgan fingerprint density at radius 2 is 2.19 bits per heavy atom. The topological polar surface area (TPSA) is 39.3 Å². The first-order valence-corrected chi connectivity index (χ1v) is 8.23. The number of nitrogens with one attached hydrogen (secondary N) is 1. The fourth-order valence-corrected chi connectivity index (χ4v) is 3.63. The van der Waals surface area contributed by atoms with Gasteiger partial charge >= 0.3 is 0 Å². The zero-order chi connectivity index (χ0) is 14.7. The smallest absolute Gasteiger partial charge is 0.0834 e. The number of H-pyrrole nitrogens is 1. The lowest BCUT2D eigenvalue weighted by Gasteiger charge is -2.32. The van der Waals surface area contributed by atoms with Crippen LogP contribution in [0.25, 0.3) is 10.9 Å². The second-order valence-corrected chi connectivity index (χ2v) is 6.25. The summed E-state index contributed by atoms with van der Waals surface area (Å²) in [6.07, 6.45) is 5.04. The highest BCUT2D eigenvalue weighted by molar-refractivity contribution is 5.84. The van der Waals surface area contributed by atoms with Crippen molar-refractivity contribution in [2.24, 2.45) is 5.92 Å². The molecule has 1 atom stereocenters.